The molecule has 2 amide bonds. The quantitative estimate of drug-likeness (QED) is 0.879. The molecular weight excluding hydrogens is 302 g/mol. The normalized spacial score (nSPS) is 10.1. The van der Waals surface area contributed by atoms with Crippen molar-refractivity contribution in [2.24, 2.45) is 0 Å². The van der Waals surface area contributed by atoms with Gasteiger partial charge in [-0.3, -0.25) is 14.9 Å². The number of aryl methyl sites for hydroxylation is 2. The Kier molecular flexibility index (Phi) is 5.06. The Balaban J connectivity index is 1.88. The van der Waals surface area contributed by atoms with Crippen molar-refractivity contribution in [2.75, 3.05) is 6.61 Å². The Hall–Kier alpha value is -2.47. The highest BCUT2D eigenvalue weighted by atomic mass is 32.1. The number of ether oxygens (including phenoxy) is 1. The third kappa shape index (κ3) is 4.26. The van der Waals surface area contributed by atoms with Gasteiger partial charge in [-0.2, -0.15) is 0 Å². The Morgan fingerprint density at radius 3 is 2.41 bits per heavy atom. The number of carbonyl (C=O) groups is 3. The van der Waals surface area contributed by atoms with Crippen LogP contribution in [0, 0.1) is 13.8 Å². The second-order valence-electron chi connectivity index (χ2n) is 4.81. The summed E-state index contributed by atoms with van der Waals surface area (Å²) < 4.78 is 4.92. The largest absolute Gasteiger partial charge is 0.452 e. The van der Waals surface area contributed by atoms with Crippen LogP contribution in [0.1, 0.15) is 31.2 Å². The fourth-order valence-electron chi connectivity index (χ4n) is 1.94. The molecule has 0 saturated heterocycles. The molecular formula is C16H15NO4S. The fourth-order valence-corrected chi connectivity index (χ4v) is 2.56. The van der Waals surface area contributed by atoms with Gasteiger partial charge in [0.05, 0.1) is 10.4 Å². The topological polar surface area (TPSA) is 72.5 Å². The van der Waals surface area contributed by atoms with Gasteiger partial charge in [-0.25, -0.2) is 4.79 Å². The van der Waals surface area contributed by atoms with E-state index in [0.717, 1.165) is 11.1 Å². The number of nitrogens with one attached hydrogen (secondary N) is 1. The fraction of sp³-hybridized carbons (Fsp3) is 0.188. The van der Waals surface area contributed by atoms with Crippen molar-refractivity contribution in [1.29, 1.82) is 0 Å². The van der Waals surface area contributed by atoms with Crippen molar-refractivity contribution in [1.82, 2.24) is 5.32 Å². The summed E-state index contributed by atoms with van der Waals surface area (Å²) in [6.45, 7) is 3.25. The molecule has 0 bridgehead atoms. The Bertz CT molecular complexity index is 687. The molecule has 0 saturated carbocycles. The van der Waals surface area contributed by atoms with Gasteiger partial charge in [0.1, 0.15) is 0 Å². The minimum absolute atomic E-state index is 0.384. The van der Waals surface area contributed by atoms with Gasteiger partial charge in [-0.1, -0.05) is 23.3 Å². The number of hydrogen-bond acceptors (Lipinski definition) is 5. The van der Waals surface area contributed by atoms with Gasteiger partial charge in [0.15, 0.2) is 6.61 Å². The molecule has 1 aromatic heterocycles. The second-order valence-corrected chi connectivity index (χ2v) is 5.75. The molecule has 1 N–H and O–H groups in total. The molecule has 114 valence electrons. The van der Waals surface area contributed by atoms with E-state index in [-0.39, 0.29) is 0 Å². The summed E-state index contributed by atoms with van der Waals surface area (Å²) in [6, 6.07) is 8.62. The van der Waals surface area contributed by atoms with Crippen molar-refractivity contribution in [3.8, 4) is 0 Å². The molecule has 0 aliphatic heterocycles. The smallest absolute Gasteiger partial charge is 0.338 e. The first-order chi connectivity index (χ1) is 10.5. The van der Waals surface area contributed by atoms with Gasteiger partial charge in [-0.05, 0) is 37.4 Å². The van der Waals surface area contributed by atoms with Crippen LogP contribution in [0.2, 0.25) is 0 Å². The monoisotopic (exact) mass is 317 g/mol. The van der Waals surface area contributed by atoms with Gasteiger partial charge < -0.3 is 4.74 Å². The van der Waals surface area contributed by atoms with E-state index < -0.39 is 24.4 Å². The molecule has 0 atom stereocenters. The molecule has 0 fully saturated rings. The molecule has 0 spiro atoms. The summed E-state index contributed by atoms with van der Waals surface area (Å²) in [5.41, 5.74) is 2.25. The third-order valence-corrected chi connectivity index (χ3v) is 3.66. The van der Waals surface area contributed by atoms with E-state index in [9.17, 15) is 14.4 Å². The number of amides is 2. The molecule has 2 aromatic rings. The van der Waals surface area contributed by atoms with Crippen molar-refractivity contribution < 1.29 is 19.1 Å². The van der Waals surface area contributed by atoms with E-state index >= 15 is 0 Å². The van der Waals surface area contributed by atoms with Crippen molar-refractivity contribution in [3.05, 3.63) is 57.3 Å². The zero-order chi connectivity index (χ0) is 16.1. The van der Waals surface area contributed by atoms with Gasteiger partial charge in [0.2, 0.25) is 0 Å². The number of thiophene rings is 1. The summed E-state index contributed by atoms with van der Waals surface area (Å²) in [5, 5.41) is 3.90. The third-order valence-electron chi connectivity index (χ3n) is 2.79. The number of rotatable bonds is 4. The lowest BCUT2D eigenvalue weighted by Crippen LogP contribution is -2.33. The summed E-state index contributed by atoms with van der Waals surface area (Å²) >= 11 is 1.23. The molecule has 1 heterocycles. The van der Waals surface area contributed by atoms with Crippen LogP contribution in [0.3, 0.4) is 0 Å². The lowest BCUT2D eigenvalue weighted by molar-refractivity contribution is -0.123. The van der Waals surface area contributed by atoms with Gasteiger partial charge in [-0.15, -0.1) is 11.3 Å². The van der Waals surface area contributed by atoms with Crippen LogP contribution in [0.25, 0.3) is 0 Å². The average Bonchev–Trinajstić information content (AvgIpc) is 2.98. The highest BCUT2D eigenvalue weighted by Gasteiger charge is 2.14. The molecule has 0 unspecified atom stereocenters. The molecule has 0 aliphatic carbocycles. The zero-order valence-corrected chi connectivity index (χ0v) is 13.0. The predicted molar refractivity (Wildman–Crippen MR) is 83.0 cm³/mol. The molecule has 22 heavy (non-hydrogen) atoms. The maximum atomic E-state index is 11.9. The minimum atomic E-state index is -0.656. The summed E-state index contributed by atoms with van der Waals surface area (Å²) in [5.74, 6) is -1.75. The molecule has 0 aliphatic rings. The van der Waals surface area contributed by atoms with E-state index in [1.165, 1.54) is 11.3 Å². The van der Waals surface area contributed by atoms with Crippen molar-refractivity contribution in [3.63, 3.8) is 0 Å². The van der Waals surface area contributed by atoms with E-state index in [4.69, 9.17) is 4.74 Å². The molecule has 1 aromatic carbocycles. The van der Waals surface area contributed by atoms with E-state index in [1.807, 2.05) is 19.9 Å². The van der Waals surface area contributed by atoms with Crippen LogP contribution in [0.5, 0.6) is 0 Å². The van der Waals surface area contributed by atoms with Crippen LogP contribution < -0.4 is 5.32 Å². The number of carbonyl (C=O) groups excluding carboxylic acids is 3. The lowest BCUT2D eigenvalue weighted by Gasteiger charge is -2.06. The highest BCUT2D eigenvalue weighted by Crippen LogP contribution is 2.10. The number of hydrogen-bond donors (Lipinski definition) is 1. The summed E-state index contributed by atoms with van der Waals surface area (Å²) in [7, 11) is 0. The summed E-state index contributed by atoms with van der Waals surface area (Å²) in [6.07, 6.45) is 0. The summed E-state index contributed by atoms with van der Waals surface area (Å²) in [4.78, 5) is 35.6. The predicted octanol–water partition coefficient (Wildman–Crippen LogP) is 2.48. The van der Waals surface area contributed by atoms with Crippen molar-refractivity contribution in [2.45, 2.75) is 13.8 Å². The number of benzene rings is 1. The molecule has 5 nitrogen and oxygen atoms in total. The van der Waals surface area contributed by atoms with Crippen LogP contribution in [-0.4, -0.2) is 24.4 Å². The zero-order valence-electron chi connectivity index (χ0n) is 12.2. The van der Waals surface area contributed by atoms with E-state index in [1.54, 1.807) is 29.6 Å². The standard InChI is InChI=1S/C16H15NO4S/c1-10-6-11(2)8-12(7-10)16(20)21-9-14(18)17-15(19)13-4-3-5-22-13/h3-8H,9H2,1-2H3,(H,17,18,19). The second kappa shape index (κ2) is 7.00. The Morgan fingerprint density at radius 2 is 1.82 bits per heavy atom. The SMILES string of the molecule is Cc1cc(C)cc(C(=O)OCC(=O)NC(=O)c2cccs2)c1. The molecule has 0 radical (unpaired) electrons. The van der Waals surface area contributed by atoms with Crippen LogP contribution in [-0.2, 0) is 9.53 Å². The molecule has 6 heteroatoms. The number of imide groups is 1. The van der Waals surface area contributed by atoms with Crippen LogP contribution in [0.4, 0.5) is 0 Å². The van der Waals surface area contributed by atoms with E-state index in [2.05, 4.69) is 5.32 Å². The number of esters is 1. The molecule has 2 rings (SSSR count). The van der Waals surface area contributed by atoms with Crippen LogP contribution in [0.15, 0.2) is 35.7 Å². The maximum absolute atomic E-state index is 11.9. The van der Waals surface area contributed by atoms with Gasteiger partial charge in [0.25, 0.3) is 11.8 Å². The average molecular weight is 317 g/mol. The lowest BCUT2D eigenvalue weighted by atomic mass is 10.1. The maximum Gasteiger partial charge on any atom is 0.338 e. The van der Waals surface area contributed by atoms with Crippen molar-refractivity contribution >= 4 is 29.1 Å². The Labute approximate surface area is 131 Å². The van der Waals surface area contributed by atoms with Crippen LogP contribution >= 0.6 is 11.3 Å². The first kappa shape index (κ1) is 15.9. The first-order valence-corrected chi connectivity index (χ1v) is 7.47. The van der Waals surface area contributed by atoms with Gasteiger partial charge >= 0.3 is 5.97 Å². The minimum Gasteiger partial charge on any atom is -0.452 e. The first-order valence-electron chi connectivity index (χ1n) is 6.59. The van der Waals surface area contributed by atoms with Gasteiger partial charge in [0, 0.05) is 0 Å². The highest BCUT2D eigenvalue weighted by molar-refractivity contribution is 7.12. The van der Waals surface area contributed by atoms with E-state index in [0.29, 0.717) is 10.4 Å². The Morgan fingerprint density at radius 1 is 1.14 bits per heavy atom.